The number of benzene rings is 1. The van der Waals surface area contributed by atoms with Crippen LogP contribution in [0.2, 0.25) is 0 Å². The number of likely N-dealkylation sites (tertiary alicyclic amines) is 1. The maximum Gasteiger partial charge on any atom is 0.265 e. The van der Waals surface area contributed by atoms with Crippen LogP contribution in [-0.2, 0) is 0 Å². The van der Waals surface area contributed by atoms with E-state index in [0.29, 0.717) is 10.6 Å². The third-order valence-corrected chi connectivity index (χ3v) is 5.15. The first kappa shape index (κ1) is 16.9. The van der Waals surface area contributed by atoms with Crippen molar-refractivity contribution >= 4 is 17.4 Å². The second-order valence-corrected chi connectivity index (χ2v) is 6.75. The van der Waals surface area contributed by atoms with E-state index in [-0.39, 0.29) is 11.9 Å². The van der Waals surface area contributed by atoms with Gasteiger partial charge in [-0.25, -0.2) is 0 Å². The van der Waals surface area contributed by atoms with Crippen molar-refractivity contribution < 1.29 is 9.53 Å². The minimum absolute atomic E-state index is 0.0667. The van der Waals surface area contributed by atoms with Gasteiger partial charge in [0.1, 0.15) is 10.6 Å². The molecule has 6 nitrogen and oxygen atoms in total. The third kappa shape index (κ3) is 3.91. The highest BCUT2D eigenvalue weighted by molar-refractivity contribution is 7.08. The van der Waals surface area contributed by atoms with Crippen LogP contribution in [0.3, 0.4) is 0 Å². The van der Waals surface area contributed by atoms with Crippen molar-refractivity contribution in [1.82, 2.24) is 19.8 Å². The van der Waals surface area contributed by atoms with E-state index in [9.17, 15) is 4.79 Å². The molecule has 1 aliphatic heterocycles. The van der Waals surface area contributed by atoms with Gasteiger partial charge in [0.25, 0.3) is 5.91 Å². The number of aryl methyl sites for hydroxylation is 1. The Balaban J connectivity index is 1.77. The summed E-state index contributed by atoms with van der Waals surface area (Å²) in [5.41, 5.74) is 1.75. The van der Waals surface area contributed by atoms with E-state index in [2.05, 4.69) is 19.8 Å². The standard InChI is InChI=1S/C17H22N4O2S/c1-12-16(24-20-19-12)17(22)18-15(11-21-9-3-4-10-21)13-5-7-14(23-2)8-6-13/h5-8,15H,3-4,9-11H2,1-2H3,(H,18,22)/t15-/m1/s1. The van der Waals surface area contributed by atoms with E-state index in [0.717, 1.165) is 42.5 Å². The van der Waals surface area contributed by atoms with Crippen molar-refractivity contribution in [1.29, 1.82) is 0 Å². The van der Waals surface area contributed by atoms with Crippen LogP contribution in [0, 0.1) is 6.92 Å². The summed E-state index contributed by atoms with van der Waals surface area (Å²) in [5, 5.41) is 7.07. The molecular weight excluding hydrogens is 324 g/mol. The van der Waals surface area contributed by atoms with E-state index in [1.54, 1.807) is 14.0 Å². The summed E-state index contributed by atoms with van der Waals surface area (Å²) in [4.78, 5) is 15.6. The van der Waals surface area contributed by atoms with E-state index >= 15 is 0 Å². The highest BCUT2D eigenvalue weighted by atomic mass is 32.1. The summed E-state index contributed by atoms with van der Waals surface area (Å²) in [6.45, 7) is 4.79. The molecule has 0 radical (unpaired) electrons. The average Bonchev–Trinajstić information content (AvgIpc) is 3.26. The molecule has 24 heavy (non-hydrogen) atoms. The maximum atomic E-state index is 12.6. The minimum Gasteiger partial charge on any atom is -0.497 e. The van der Waals surface area contributed by atoms with E-state index in [1.807, 2.05) is 24.3 Å². The van der Waals surface area contributed by atoms with Crippen LogP contribution in [0.5, 0.6) is 5.75 Å². The smallest absolute Gasteiger partial charge is 0.265 e. The molecule has 0 spiro atoms. The highest BCUT2D eigenvalue weighted by Crippen LogP contribution is 2.22. The van der Waals surface area contributed by atoms with E-state index < -0.39 is 0 Å². The van der Waals surface area contributed by atoms with Crippen LogP contribution < -0.4 is 10.1 Å². The van der Waals surface area contributed by atoms with Crippen molar-refractivity contribution in [2.75, 3.05) is 26.7 Å². The molecule has 0 saturated carbocycles. The number of nitrogens with one attached hydrogen (secondary N) is 1. The molecule has 1 aromatic heterocycles. The molecule has 128 valence electrons. The Morgan fingerprint density at radius 2 is 2.04 bits per heavy atom. The minimum atomic E-state index is -0.109. The predicted octanol–water partition coefficient (Wildman–Crippen LogP) is 2.42. The van der Waals surface area contributed by atoms with Gasteiger partial charge in [0.05, 0.1) is 18.8 Å². The number of methoxy groups -OCH3 is 1. The number of rotatable bonds is 6. The maximum absolute atomic E-state index is 12.6. The lowest BCUT2D eigenvalue weighted by molar-refractivity contribution is 0.0930. The number of ether oxygens (including phenoxy) is 1. The van der Waals surface area contributed by atoms with Crippen LogP contribution >= 0.6 is 11.5 Å². The Morgan fingerprint density at radius 1 is 1.33 bits per heavy atom. The Hall–Kier alpha value is -1.99. The second kappa shape index (κ2) is 7.72. The molecular formula is C17H22N4O2S. The quantitative estimate of drug-likeness (QED) is 0.870. The molecule has 1 aliphatic rings. The van der Waals surface area contributed by atoms with Gasteiger partial charge in [-0.05, 0) is 62.1 Å². The fourth-order valence-electron chi connectivity index (χ4n) is 2.96. The number of carbonyl (C=O) groups is 1. The van der Waals surface area contributed by atoms with Gasteiger partial charge in [0.15, 0.2) is 0 Å². The van der Waals surface area contributed by atoms with Gasteiger partial charge < -0.3 is 15.0 Å². The van der Waals surface area contributed by atoms with Crippen molar-refractivity contribution in [3.63, 3.8) is 0 Å². The number of hydrogen-bond acceptors (Lipinski definition) is 6. The fraction of sp³-hybridized carbons (Fsp3) is 0.471. The van der Waals surface area contributed by atoms with Crippen molar-refractivity contribution in [2.45, 2.75) is 25.8 Å². The summed E-state index contributed by atoms with van der Waals surface area (Å²) in [7, 11) is 1.65. The number of hydrogen-bond donors (Lipinski definition) is 1. The molecule has 1 N–H and O–H groups in total. The van der Waals surface area contributed by atoms with Gasteiger partial charge >= 0.3 is 0 Å². The number of aromatic nitrogens is 2. The molecule has 0 unspecified atom stereocenters. The van der Waals surface area contributed by atoms with Gasteiger partial charge in [-0.15, -0.1) is 5.10 Å². The van der Waals surface area contributed by atoms with Crippen LogP contribution in [0.25, 0.3) is 0 Å². The topological polar surface area (TPSA) is 67.3 Å². The number of amides is 1. The zero-order chi connectivity index (χ0) is 16.9. The Bertz CT molecular complexity index is 680. The monoisotopic (exact) mass is 346 g/mol. The lowest BCUT2D eigenvalue weighted by Crippen LogP contribution is -2.37. The van der Waals surface area contributed by atoms with Crippen molar-refractivity contribution in [3.05, 3.63) is 40.4 Å². The van der Waals surface area contributed by atoms with Crippen LogP contribution in [-0.4, -0.2) is 47.1 Å². The van der Waals surface area contributed by atoms with Crippen LogP contribution in [0.15, 0.2) is 24.3 Å². The van der Waals surface area contributed by atoms with E-state index in [1.165, 1.54) is 12.8 Å². The largest absolute Gasteiger partial charge is 0.497 e. The first-order chi connectivity index (χ1) is 11.7. The van der Waals surface area contributed by atoms with Gasteiger partial charge in [0.2, 0.25) is 0 Å². The summed E-state index contributed by atoms with van der Waals surface area (Å²) >= 11 is 1.14. The van der Waals surface area contributed by atoms with Gasteiger partial charge in [0, 0.05) is 6.54 Å². The van der Waals surface area contributed by atoms with Gasteiger partial charge in [-0.1, -0.05) is 16.6 Å². The predicted molar refractivity (Wildman–Crippen MR) is 93.5 cm³/mol. The summed E-state index contributed by atoms with van der Waals surface area (Å²) in [6.07, 6.45) is 2.45. The molecule has 0 aliphatic carbocycles. The zero-order valence-electron chi connectivity index (χ0n) is 14.0. The van der Waals surface area contributed by atoms with Crippen LogP contribution in [0.1, 0.15) is 39.8 Å². The molecule has 1 aromatic carbocycles. The lowest BCUT2D eigenvalue weighted by atomic mass is 10.1. The third-order valence-electron chi connectivity index (χ3n) is 4.32. The average molecular weight is 346 g/mol. The SMILES string of the molecule is COc1ccc([C@@H](CN2CCCC2)NC(=O)c2snnc2C)cc1. The molecule has 1 saturated heterocycles. The number of nitrogens with zero attached hydrogens (tertiary/aromatic N) is 3. The summed E-state index contributed by atoms with van der Waals surface area (Å²) in [5.74, 6) is 0.704. The molecule has 1 amide bonds. The van der Waals surface area contributed by atoms with Gasteiger partial charge in [-0.3, -0.25) is 4.79 Å². The molecule has 1 atom stereocenters. The highest BCUT2D eigenvalue weighted by Gasteiger charge is 2.23. The molecule has 3 rings (SSSR count). The number of carbonyl (C=O) groups excluding carboxylic acids is 1. The Labute approximate surface area is 146 Å². The zero-order valence-corrected chi connectivity index (χ0v) is 14.8. The Morgan fingerprint density at radius 3 is 2.62 bits per heavy atom. The fourth-order valence-corrected chi connectivity index (χ4v) is 3.52. The first-order valence-corrected chi connectivity index (χ1v) is 8.91. The van der Waals surface area contributed by atoms with Gasteiger partial charge in [-0.2, -0.15) is 0 Å². The molecule has 1 fully saturated rings. The Kier molecular flexibility index (Phi) is 5.42. The summed E-state index contributed by atoms with van der Waals surface area (Å²) < 4.78 is 9.08. The normalized spacial score (nSPS) is 16.1. The van der Waals surface area contributed by atoms with Crippen molar-refractivity contribution in [2.24, 2.45) is 0 Å². The first-order valence-electron chi connectivity index (χ1n) is 8.13. The van der Waals surface area contributed by atoms with Crippen molar-refractivity contribution in [3.8, 4) is 5.75 Å². The lowest BCUT2D eigenvalue weighted by Gasteiger charge is -2.25. The molecule has 7 heteroatoms. The van der Waals surface area contributed by atoms with Crippen LogP contribution in [0.4, 0.5) is 0 Å². The summed E-state index contributed by atoms with van der Waals surface area (Å²) in [6, 6.07) is 7.81. The molecule has 2 aromatic rings. The molecule has 2 heterocycles. The second-order valence-electron chi connectivity index (χ2n) is 5.99. The van der Waals surface area contributed by atoms with E-state index in [4.69, 9.17) is 4.74 Å². The molecule has 0 bridgehead atoms.